The summed E-state index contributed by atoms with van der Waals surface area (Å²) < 4.78 is 0. The van der Waals surface area contributed by atoms with Crippen molar-refractivity contribution in [3.8, 4) is 0 Å². The summed E-state index contributed by atoms with van der Waals surface area (Å²) in [5, 5.41) is 2.87. The van der Waals surface area contributed by atoms with Crippen molar-refractivity contribution in [1.82, 2.24) is 5.32 Å². The summed E-state index contributed by atoms with van der Waals surface area (Å²) in [7, 11) is 0. The van der Waals surface area contributed by atoms with Crippen LogP contribution in [-0.4, -0.2) is 6.03 Å². The number of anilines is 2. The van der Waals surface area contributed by atoms with Crippen LogP contribution < -0.4 is 16.0 Å². The number of nitrogens with one attached hydrogen (secondary N) is 1. The van der Waals surface area contributed by atoms with Gasteiger partial charge >= 0.3 is 6.03 Å². The highest BCUT2D eigenvalue weighted by Crippen LogP contribution is 2.27. The number of hydrogen-bond donors (Lipinski definition) is 2. The molecule has 0 saturated carbocycles. The molecule has 2 amide bonds. The van der Waals surface area contributed by atoms with Crippen molar-refractivity contribution in [2.24, 2.45) is 0 Å². The molecule has 2 aromatic carbocycles. The number of benzene rings is 2. The summed E-state index contributed by atoms with van der Waals surface area (Å²) in [5.74, 6) is 0. The van der Waals surface area contributed by atoms with Crippen LogP contribution in [-0.2, 0) is 13.1 Å². The first kappa shape index (κ1) is 11.6. The molecule has 2 aromatic rings. The van der Waals surface area contributed by atoms with Crippen molar-refractivity contribution in [2.45, 2.75) is 13.1 Å². The summed E-state index contributed by atoms with van der Waals surface area (Å²) in [6.07, 6.45) is 0. The lowest BCUT2D eigenvalue weighted by Crippen LogP contribution is -2.43. The van der Waals surface area contributed by atoms with Gasteiger partial charge in [-0.3, -0.25) is 4.90 Å². The molecule has 3 N–H and O–H groups in total. The number of nitrogens with zero attached hydrogens (tertiary/aromatic N) is 1. The molecule has 0 bridgehead atoms. The van der Waals surface area contributed by atoms with Gasteiger partial charge in [-0.15, -0.1) is 0 Å². The Kier molecular flexibility index (Phi) is 2.83. The molecule has 0 aromatic heterocycles. The van der Waals surface area contributed by atoms with Gasteiger partial charge in [0.25, 0.3) is 0 Å². The Morgan fingerprint density at radius 3 is 2.74 bits per heavy atom. The zero-order valence-corrected chi connectivity index (χ0v) is 10.5. The molecule has 0 fully saturated rings. The summed E-state index contributed by atoms with van der Waals surface area (Å²) in [6.45, 7) is 1.09. The van der Waals surface area contributed by atoms with E-state index in [1.807, 2.05) is 48.5 Å². The Balaban J connectivity index is 1.95. The zero-order chi connectivity index (χ0) is 13.2. The number of amides is 2. The Bertz CT molecular complexity index is 610. The second kappa shape index (κ2) is 4.65. The predicted octanol–water partition coefficient (Wildman–Crippen LogP) is 2.50. The lowest BCUT2D eigenvalue weighted by atomic mass is 10.1. The van der Waals surface area contributed by atoms with Gasteiger partial charge < -0.3 is 11.1 Å². The quantitative estimate of drug-likeness (QED) is 0.808. The summed E-state index contributed by atoms with van der Waals surface area (Å²) in [5.41, 5.74) is 9.58. The highest BCUT2D eigenvalue weighted by Gasteiger charge is 2.23. The first-order valence-electron chi connectivity index (χ1n) is 6.22. The highest BCUT2D eigenvalue weighted by atomic mass is 16.2. The van der Waals surface area contributed by atoms with E-state index in [-0.39, 0.29) is 6.03 Å². The number of rotatable bonds is 2. The molecule has 4 heteroatoms. The van der Waals surface area contributed by atoms with Gasteiger partial charge in [-0.25, -0.2) is 4.79 Å². The van der Waals surface area contributed by atoms with E-state index < -0.39 is 0 Å². The molecule has 1 aliphatic heterocycles. The normalized spacial score (nSPS) is 13.9. The van der Waals surface area contributed by atoms with Gasteiger partial charge in [-0.2, -0.15) is 0 Å². The number of fused-ring (bicyclic) bond motifs is 1. The van der Waals surface area contributed by atoms with Crippen LogP contribution in [0.25, 0.3) is 0 Å². The van der Waals surface area contributed by atoms with Gasteiger partial charge in [-0.05, 0) is 29.3 Å². The molecular formula is C15H15N3O. The van der Waals surface area contributed by atoms with Crippen LogP contribution in [0.3, 0.4) is 0 Å². The van der Waals surface area contributed by atoms with E-state index in [9.17, 15) is 4.79 Å². The predicted molar refractivity (Wildman–Crippen MR) is 75.7 cm³/mol. The summed E-state index contributed by atoms with van der Waals surface area (Å²) in [4.78, 5) is 13.8. The Labute approximate surface area is 111 Å². The number of carbonyl (C=O) groups is 1. The van der Waals surface area contributed by atoms with Gasteiger partial charge in [-0.1, -0.05) is 30.3 Å². The lowest BCUT2D eigenvalue weighted by molar-refractivity contribution is 0.244. The Morgan fingerprint density at radius 2 is 1.95 bits per heavy atom. The maximum absolute atomic E-state index is 12.0. The standard InChI is InChI=1S/C15H15N3O/c16-13-6-7-14-12(8-13)9-17-15(19)18(14)10-11-4-2-1-3-5-11/h1-8H,9-10,16H2,(H,17,19). The van der Waals surface area contributed by atoms with Crippen molar-refractivity contribution in [2.75, 3.05) is 10.6 Å². The first-order chi connectivity index (χ1) is 9.24. The average molecular weight is 253 g/mol. The first-order valence-corrected chi connectivity index (χ1v) is 6.22. The molecule has 4 nitrogen and oxygen atoms in total. The Hall–Kier alpha value is -2.49. The molecule has 0 aliphatic carbocycles. The monoisotopic (exact) mass is 253 g/mol. The fraction of sp³-hybridized carbons (Fsp3) is 0.133. The summed E-state index contributed by atoms with van der Waals surface area (Å²) in [6, 6.07) is 15.5. The molecule has 1 aliphatic rings. The third-order valence-electron chi connectivity index (χ3n) is 3.25. The molecule has 0 atom stereocenters. The second-order valence-corrected chi connectivity index (χ2v) is 4.62. The van der Waals surface area contributed by atoms with Crippen LogP contribution in [0.1, 0.15) is 11.1 Å². The molecule has 0 spiro atoms. The van der Waals surface area contributed by atoms with Crippen LogP contribution in [0.15, 0.2) is 48.5 Å². The van der Waals surface area contributed by atoms with Gasteiger partial charge in [0.1, 0.15) is 0 Å². The minimum atomic E-state index is -0.0684. The second-order valence-electron chi connectivity index (χ2n) is 4.62. The third-order valence-corrected chi connectivity index (χ3v) is 3.25. The SMILES string of the molecule is Nc1ccc2c(c1)CNC(=O)N2Cc1ccccc1. The molecule has 19 heavy (non-hydrogen) atoms. The zero-order valence-electron chi connectivity index (χ0n) is 10.5. The van der Waals surface area contributed by atoms with Crippen LogP contribution >= 0.6 is 0 Å². The highest BCUT2D eigenvalue weighted by molar-refractivity contribution is 5.95. The molecule has 96 valence electrons. The van der Waals surface area contributed by atoms with Crippen LogP contribution in [0.5, 0.6) is 0 Å². The molecular weight excluding hydrogens is 238 g/mol. The van der Waals surface area contributed by atoms with E-state index in [0.717, 1.165) is 22.5 Å². The van der Waals surface area contributed by atoms with E-state index in [2.05, 4.69) is 5.32 Å². The smallest absolute Gasteiger partial charge is 0.322 e. The van der Waals surface area contributed by atoms with Crippen molar-refractivity contribution < 1.29 is 4.79 Å². The molecule has 0 radical (unpaired) electrons. The Morgan fingerprint density at radius 1 is 1.16 bits per heavy atom. The van der Waals surface area contributed by atoms with Crippen LogP contribution in [0.4, 0.5) is 16.2 Å². The van der Waals surface area contributed by atoms with Gasteiger partial charge in [0.15, 0.2) is 0 Å². The largest absolute Gasteiger partial charge is 0.399 e. The minimum absolute atomic E-state index is 0.0684. The van der Waals surface area contributed by atoms with Gasteiger partial charge in [0.05, 0.1) is 12.2 Å². The van der Waals surface area contributed by atoms with E-state index in [1.54, 1.807) is 4.90 Å². The van der Waals surface area contributed by atoms with E-state index in [4.69, 9.17) is 5.73 Å². The fourth-order valence-electron chi connectivity index (χ4n) is 2.31. The van der Waals surface area contributed by atoms with E-state index in [1.165, 1.54) is 0 Å². The van der Waals surface area contributed by atoms with Crippen LogP contribution in [0, 0.1) is 0 Å². The van der Waals surface area contributed by atoms with E-state index >= 15 is 0 Å². The molecule has 0 saturated heterocycles. The molecule has 3 rings (SSSR count). The van der Waals surface area contributed by atoms with Crippen molar-refractivity contribution in [3.63, 3.8) is 0 Å². The van der Waals surface area contributed by atoms with Crippen molar-refractivity contribution in [1.29, 1.82) is 0 Å². The van der Waals surface area contributed by atoms with E-state index in [0.29, 0.717) is 13.1 Å². The fourth-order valence-corrected chi connectivity index (χ4v) is 2.31. The van der Waals surface area contributed by atoms with Gasteiger partial charge in [0.2, 0.25) is 0 Å². The van der Waals surface area contributed by atoms with Crippen LogP contribution in [0.2, 0.25) is 0 Å². The third kappa shape index (κ3) is 2.25. The number of hydrogen-bond acceptors (Lipinski definition) is 2. The lowest BCUT2D eigenvalue weighted by Gasteiger charge is -2.30. The maximum Gasteiger partial charge on any atom is 0.322 e. The molecule has 1 heterocycles. The minimum Gasteiger partial charge on any atom is -0.399 e. The number of nitrogens with two attached hydrogens (primary N) is 1. The molecule has 0 unspecified atom stereocenters. The van der Waals surface area contributed by atoms with Gasteiger partial charge in [0, 0.05) is 12.2 Å². The van der Waals surface area contributed by atoms with Crippen molar-refractivity contribution >= 4 is 17.4 Å². The summed E-state index contributed by atoms with van der Waals surface area (Å²) >= 11 is 0. The topological polar surface area (TPSA) is 58.4 Å². The average Bonchev–Trinajstić information content (AvgIpc) is 2.43. The maximum atomic E-state index is 12.0. The number of nitrogen functional groups attached to an aromatic ring is 1. The number of carbonyl (C=O) groups excluding carboxylic acids is 1. The number of urea groups is 1. The van der Waals surface area contributed by atoms with Crippen molar-refractivity contribution in [3.05, 3.63) is 59.7 Å².